The number of carbonyl (C=O) groups is 1. The Morgan fingerprint density at radius 2 is 2.00 bits per heavy atom. The Balaban J connectivity index is 2.38. The molecule has 0 bridgehead atoms. The molecule has 6 heteroatoms. The second kappa shape index (κ2) is 7.35. The fourth-order valence-electron chi connectivity index (χ4n) is 1.26. The predicted octanol–water partition coefficient (Wildman–Crippen LogP) is 1.32. The number of nitrogens with one attached hydrogen (secondary N) is 2. The molecule has 0 saturated heterocycles. The Morgan fingerprint density at radius 1 is 1.37 bits per heavy atom. The topological polar surface area (TPSA) is 79.5 Å². The molecular formula is C13H19FN4O. The molecule has 0 spiro atoms. The van der Waals surface area contributed by atoms with E-state index in [0.29, 0.717) is 18.2 Å². The Labute approximate surface area is 112 Å². The molecule has 0 unspecified atom stereocenters. The van der Waals surface area contributed by atoms with Gasteiger partial charge in [0.05, 0.1) is 0 Å². The number of halogens is 1. The lowest BCUT2D eigenvalue weighted by atomic mass is 10.2. The number of amides is 1. The summed E-state index contributed by atoms with van der Waals surface area (Å²) in [4.78, 5) is 15.5. The van der Waals surface area contributed by atoms with E-state index in [-0.39, 0.29) is 24.2 Å². The monoisotopic (exact) mass is 266 g/mol. The first-order valence-electron chi connectivity index (χ1n) is 6.06. The zero-order valence-electron chi connectivity index (χ0n) is 11.1. The lowest BCUT2D eigenvalue weighted by Gasteiger charge is -2.08. The minimum atomic E-state index is -0.349. The van der Waals surface area contributed by atoms with Crippen molar-refractivity contribution in [2.45, 2.75) is 13.8 Å². The first kappa shape index (κ1) is 14.9. The summed E-state index contributed by atoms with van der Waals surface area (Å²) in [5.74, 6) is 0.0313. The number of benzene rings is 1. The SMILES string of the molecule is CC(C)CNC(N)=NCC(=O)Nc1ccc(F)cc1. The van der Waals surface area contributed by atoms with Crippen LogP contribution >= 0.6 is 0 Å². The van der Waals surface area contributed by atoms with E-state index in [0.717, 1.165) is 0 Å². The van der Waals surface area contributed by atoms with E-state index in [9.17, 15) is 9.18 Å². The number of anilines is 1. The standard InChI is InChI=1S/C13H19FN4O/c1-9(2)7-16-13(15)17-8-12(19)18-11-5-3-10(14)4-6-11/h3-6,9H,7-8H2,1-2H3,(H,18,19)(H3,15,16,17). The fraction of sp³-hybridized carbons (Fsp3) is 0.385. The molecule has 0 atom stereocenters. The minimum Gasteiger partial charge on any atom is -0.370 e. The highest BCUT2D eigenvalue weighted by Gasteiger charge is 2.02. The van der Waals surface area contributed by atoms with E-state index in [2.05, 4.69) is 15.6 Å². The summed E-state index contributed by atoms with van der Waals surface area (Å²) in [5, 5.41) is 5.50. The normalized spacial score (nSPS) is 11.5. The number of aliphatic imine (C=N–C) groups is 1. The van der Waals surface area contributed by atoms with Gasteiger partial charge in [0.25, 0.3) is 0 Å². The summed E-state index contributed by atoms with van der Waals surface area (Å²) in [6, 6.07) is 5.52. The maximum Gasteiger partial charge on any atom is 0.246 e. The van der Waals surface area contributed by atoms with Gasteiger partial charge in [-0.15, -0.1) is 0 Å². The Bertz CT molecular complexity index is 442. The zero-order chi connectivity index (χ0) is 14.3. The third-order valence-electron chi connectivity index (χ3n) is 2.21. The van der Waals surface area contributed by atoms with Gasteiger partial charge in [0.2, 0.25) is 5.91 Å². The maximum atomic E-state index is 12.7. The van der Waals surface area contributed by atoms with Crippen LogP contribution in [0.15, 0.2) is 29.3 Å². The van der Waals surface area contributed by atoms with Crippen molar-refractivity contribution in [2.24, 2.45) is 16.6 Å². The second-order valence-electron chi connectivity index (χ2n) is 4.53. The molecule has 19 heavy (non-hydrogen) atoms. The average Bonchev–Trinajstić information content (AvgIpc) is 2.36. The van der Waals surface area contributed by atoms with Crippen LogP contribution in [0.1, 0.15) is 13.8 Å². The van der Waals surface area contributed by atoms with Crippen LogP contribution in [0.4, 0.5) is 10.1 Å². The first-order chi connectivity index (χ1) is 8.97. The summed E-state index contributed by atoms with van der Waals surface area (Å²) in [5.41, 5.74) is 6.12. The second-order valence-corrected chi connectivity index (χ2v) is 4.53. The lowest BCUT2D eigenvalue weighted by Crippen LogP contribution is -2.35. The largest absolute Gasteiger partial charge is 0.370 e. The molecular weight excluding hydrogens is 247 g/mol. The summed E-state index contributed by atoms with van der Waals surface area (Å²) >= 11 is 0. The summed E-state index contributed by atoms with van der Waals surface area (Å²) in [7, 11) is 0. The third kappa shape index (κ3) is 6.40. The molecule has 0 fully saturated rings. The maximum absolute atomic E-state index is 12.7. The number of hydrogen-bond acceptors (Lipinski definition) is 2. The van der Waals surface area contributed by atoms with Gasteiger partial charge in [-0.1, -0.05) is 13.8 Å². The van der Waals surface area contributed by atoms with Crippen molar-refractivity contribution in [1.82, 2.24) is 5.32 Å². The fourth-order valence-corrected chi connectivity index (χ4v) is 1.26. The third-order valence-corrected chi connectivity index (χ3v) is 2.21. The van der Waals surface area contributed by atoms with Crippen LogP contribution in [-0.4, -0.2) is 25.0 Å². The molecule has 1 amide bonds. The molecule has 0 saturated carbocycles. The van der Waals surface area contributed by atoms with Gasteiger partial charge in [-0.25, -0.2) is 9.38 Å². The number of rotatable bonds is 5. The summed E-state index contributed by atoms with van der Waals surface area (Å²) in [6.07, 6.45) is 0. The average molecular weight is 266 g/mol. The molecule has 0 heterocycles. The smallest absolute Gasteiger partial charge is 0.246 e. The van der Waals surface area contributed by atoms with E-state index in [1.165, 1.54) is 24.3 Å². The van der Waals surface area contributed by atoms with Crippen molar-refractivity contribution in [2.75, 3.05) is 18.4 Å². The Hall–Kier alpha value is -2.11. The molecule has 0 radical (unpaired) electrons. The molecule has 104 valence electrons. The highest BCUT2D eigenvalue weighted by molar-refractivity contribution is 5.93. The van der Waals surface area contributed by atoms with Crippen LogP contribution in [0, 0.1) is 11.7 Å². The van der Waals surface area contributed by atoms with Gasteiger partial charge >= 0.3 is 0 Å². The van der Waals surface area contributed by atoms with Crippen LogP contribution in [0.2, 0.25) is 0 Å². The van der Waals surface area contributed by atoms with Gasteiger partial charge in [-0.05, 0) is 30.2 Å². The van der Waals surface area contributed by atoms with Crippen molar-refractivity contribution >= 4 is 17.6 Å². The molecule has 1 rings (SSSR count). The molecule has 1 aromatic rings. The lowest BCUT2D eigenvalue weighted by molar-refractivity contribution is -0.114. The highest BCUT2D eigenvalue weighted by atomic mass is 19.1. The van der Waals surface area contributed by atoms with Crippen LogP contribution in [0.25, 0.3) is 0 Å². The number of carbonyl (C=O) groups excluding carboxylic acids is 1. The number of nitrogens with zero attached hydrogens (tertiary/aromatic N) is 1. The van der Waals surface area contributed by atoms with Crippen molar-refractivity contribution in [1.29, 1.82) is 0 Å². The molecule has 5 nitrogen and oxygen atoms in total. The highest BCUT2D eigenvalue weighted by Crippen LogP contribution is 2.07. The van der Waals surface area contributed by atoms with Gasteiger partial charge in [-0.2, -0.15) is 0 Å². The number of nitrogens with two attached hydrogens (primary N) is 1. The number of hydrogen-bond donors (Lipinski definition) is 3. The molecule has 0 aromatic heterocycles. The van der Waals surface area contributed by atoms with Crippen molar-refractivity contribution < 1.29 is 9.18 Å². The molecule has 0 aliphatic carbocycles. The predicted molar refractivity (Wildman–Crippen MR) is 74.4 cm³/mol. The number of guanidine groups is 1. The Morgan fingerprint density at radius 3 is 2.58 bits per heavy atom. The van der Waals surface area contributed by atoms with Gasteiger partial charge < -0.3 is 16.4 Å². The van der Waals surface area contributed by atoms with E-state index in [1.807, 2.05) is 13.8 Å². The summed E-state index contributed by atoms with van der Waals surface area (Å²) in [6.45, 7) is 4.71. The van der Waals surface area contributed by atoms with Gasteiger partial charge in [-0.3, -0.25) is 4.79 Å². The van der Waals surface area contributed by atoms with Gasteiger partial charge in [0, 0.05) is 12.2 Å². The van der Waals surface area contributed by atoms with Crippen molar-refractivity contribution in [3.63, 3.8) is 0 Å². The van der Waals surface area contributed by atoms with E-state index >= 15 is 0 Å². The van der Waals surface area contributed by atoms with Crippen LogP contribution in [-0.2, 0) is 4.79 Å². The van der Waals surface area contributed by atoms with Gasteiger partial charge in [0.1, 0.15) is 12.4 Å². The minimum absolute atomic E-state index is 0.0751. The van der Waals surface area contributed by atoms with Crippen LogP contribution < -0.4 is 16.4 Å². The van der Waals surface area contributed by atoms with Crippen molar-refractivity contribution in [3.8, 4) is 0 Å². The van der Waals surface area contributed by atoms with E-state index in [1.54, 1.807) is 0 Å². The van der Waals surface area contributed by atoms with Crippen LogP contribution in [0.3, 0.4) is 0 Å². The van der Waals surface area contributed by atoms with E-state index < -0.39 is 0 Å². The summed E-state index contributed by atoms with van der Waals surface area (Å²) < 4.78 is 12.7. The van der Waals surface area contributed by atoms with Crippen LogP contribution in [0.5, 0.6) is 0 Å². The van der Waals surface area contributed by atoms with Gasteiger partial charge in [0.15, 0.2) is 5.96 Å². The molecule has 0 aliphatic rings. The van der Waals surface area contributed by atoms with E-state index in [4.69, 9.17) is 5.73 Å². The quantitative estimate of drug-likeness (QED) is 0.555. The molecule has 1 aromatic carbocycles. The Kier molecular flexibility index (Phi) is 5.78. The molecule has 0 aliphatic heterocycles. The molecule has 4 N–H and O–H groups in total. The zero-order valence-corrected chi connectivity index (χ0v) is 11.1. The first-order valence-corrected chi connectivity index (χ1v) is 6.06. The van der Waals surface area contributed by atoms with Crippen molar-refractivity contribution in [3.05, 3.63) is 30.1 Å².